The Balaban J connectivity index is 1.91. The number of ether oxygens (including phenoxy) is 1. The van der Waals surface area contributed by atoms with Crippen molar-refractivity contribution in [3.63, 3.8) is 0 Å². The van der Waals surface area contributed by atoms with Crippen molar-refractivity contribution in [2.45, 2.75) is 25.4 Å². The van der Waals surface area contributed by atoms with Gasteiger partial charge in [-0.1, -0.05) is 0 Å². The normalized spacial score (nSPS) is 19.5. The number of carbonyl (C=O) groups is 4. The molecule has 2 aliphatic rings. The number of carbonyl (C=O) groups excluding carboxylic acids is 3. The summed E-state index contributed by atoms with van der Waals surface area (Å²) in [5, 5.41) is 13.9. The van der Waals surface area contributed by atoms with Crippen LogP contribution in [-0.2, 0) is 20.9 Å². The Hall–Kier alpha value is -3.10. The van der Waals surface area contributed by atoms with E-state index in [2.05, 4.69) is 10.6 Å². The van der Waals surface area contributed by atoms with Gasteiger partial charge in [0.05, 0.1) is 12.1 Å². The summed E-state index contributed by atoms with van der Waals surface area (Å²) in [7, 11) is 1.67. The molecule has 0 bridgehead atoms. The lowest BCUT2D eigenvalue weighted by molar-refractivity contribution is -0.139. The topological polar surface area (TPSA) is 125 Å². The molecule has 9 heteroatoms. The Morgan fingerprint density at radius 3 is 2.80 bits per heavy atom. The lowest BCUT2D eigenvalue weighted by atomic mass is 10.0. The number of nitrogens with zero attached hydrogens (tertiary/aromatic N) is 1. The minimum absolute atomic E-state index is 0.124. The summed E-state index contributed by atoms with van der Waals surface area (Å²) in [6.07, 6.45) is 0.426. The molecule has 1 atom stereocenters. The van der Waals surface area contributed by atoms with E-state index in [4.69, 9.17) is 9.84 Å². The molecule has 25 heavy (non-hydrogen) atoms. The summed E-state index contributed by atoms with van der Waals surface area (Å²) < 4.78 is 5.31. The molecule has 2 heterocycles. The van der Waals surface area contributed by atoms with Gasteiger partial charge in [-0.2, -0.15) is 0 Å². The van der Waals surface area contributed by atoms with E-state index >= 15 is 0 Å². The van der Waals surface area contributed by atoms with E-state index < -0.39 is 24.5 Å². The summed E-state index contributed by atoms with van der Waals surface area (Å²) in [5.74, 6) is -2.04. The minimum Gasteiger partial charge on any atom is -0.481 e. The highest BCUT2D eigenvalue weighted by Gasteiger charge is 2.40. The Bertz CT molecular complexity index is 775. The summed E-state index contributed by atoms with van der Waals surface area (Å²) in [4.78, 5) is 48.3. The van der Waals surface area contributed by atoms with Gasteiger partial charge >= 0.3 is 5.97 Å². The Morgan fingerprint density at radius 1 is 1.40 bits per heavy atom. The van der Waals surface area contributed by atoms with E-state index in [0.717, 1.165) is 0 Å². The van der Waals surface area contributed by atoms with E-state index in [0.29, 0.717) is 16.8 Å². The number of amides is 3. The maximum absolute atomic E-state index is 12.7. The van der Waals surface area contributed by atoms with Crippen LogP contribution < -0.4 is 15.4 Å². The van der Waals surface area contributed by atoms with Crippen LogP contribution in [0.15, 0.2) is 12.1 Å². The van der Waals surface area contributed by atoms with Crippen LogP contribution >= 0.6 is 0 Å². The smallest absolute Gasteiger partial charge is 0.341 e. The van der Waals surface area contributed by atoms with Crippen LogP contribution in [0.1, 0.15) is 28.8 Å². The number of nitrogens with one attached hydrogen (secondary N) is 2. The Labute approximate surface area is 142 Å². The number of aliphatic carboxylic acids is 1. The molecule has 0 saturated carbocycles. The molecule has 0 aliphatic carbocycles. The maximum Gasteiger partial charge on any atom is 0.341 e. The van der Waals surface area contributed by atoms with Crippen molar-refractivity contribution < 1.29 is 29.0 Å². The first-order valence-electron chi connectivity index (χ1n) is 7.74. The van der Waals surface area contributed by atoms with Crippen molar-refractivity contribution in [2.24, 2.45) is 0 Å². The van der Waals surface area contributed by atoms with Crippen LogP contribution in [0, 0.1) is 0 Å². The van der Waals surface area contributed by atoms with Crippen molar-refractivity contribution in [1.82, 2.24) is 10.2 Å². The van der Waals surface area contributed by atoms with Crippen LogP contribution in [0.3, 0.4) is 0 Å². The zero-order chi connectivity index (χ0) is 18.1. The highest BCUT2D eigenvalue weighted by molar-refractivity contribution is 6.06. The summed E-state index contributed by atoms with van der Waals surface area (Å²) >= 11 is 0. The van der Waals surface area contributed by atoms with Gasteiger partial charge in [0, 0.05) is 30.8 Å². The highest BCUT2D eigenvalue weighted by Crippen LogP contribution is 2.36. The predicted octanol–water partition coefficient (Wildman–Crippen LogP) is -0.0473. The second-order valence-electron chi connectivity index (χ2n) is 5.83. The number of carboxylic acid groups (broad SMARTS) is 1. The fourth-order valence-electron chi connectivity index (χ4n) is 3.04. The van der Waals surface area contributed by atoms with Crippen molar-refractivity contribution in [3.8, 4) is 5.75 Å². The molecular weight excluding hydrogens is 330 g/mol. The third-order valence-electron chi connectivity index (χ3n) is 4.25. The SMILES string of the molecule is CNc1cc(OCC(=O)O)c2c(c1)C(=O)N(C1CCC(=O)NC1=O)C2. The number of piperidine rings is 1. The van der Waals surface area contributed by atoms with Gasteiger partial charge < -0.3 is 20.1 Å². The molecule has 2 aliphatic heterocycles. The molecule has 1 unspecified atom stereocenters. The van der Waals surface area contributed by atoms with Gasteiger partial charge in [-0.05, 0) is 12.5 Å². The van der Waals surface area contributed by atoms with Gasteiger partial charge in [-0.25, -0.2) is 4.79 Å². The average Bonchev–Trinajstić information content (AvgIpc) is 2.89. The zero-order valence-corrected chi connectivity index (χ0v) is 13.5. The van der Waals surface area contributed by atoms with Crippen LogP contribution in [0.25, 0.3) is 0 Å². The van der Waals surface area contributed by atoms with Crippen LogP contribution in [0.5, 0.6) is 5.75 Å². The number of rotatable bonds is 5. The molecule has 1 saturated heterocycles. The molecule has 0 spiro atoms. The van der Waals surface area contributed by atoms with Gasteiger partial charge in [0.15, 0.2) is 6.61 Å². The second-order valence-corrected chi connectivity index (χ2v) is 5.83. The first kappa shape index (κ1) is 16.7. The van der Waals surface area contributed by atoms with Gasteiger partial charge in [-0.3, -0.25) is 19.7 Å². The first-order chi connectivity index (χ1) is 11.9. The molecule has 132 valence electrons. The van der Waals surface area contributed by atoms with E-state index in [-0.39, 0.29) is 37.0 Å². The average molecular weight is 347 g/mol. The number of hydrogen-bond donors (Lipinski definition) is 3. The number of benzene rings is 1. The third-order valence-corrected chi connectivity index (χ3v) is 4.25. The number of fused-ring (bicyclic) bond motifs is 1. The molecule has 9 nitrogen and oxygen atoms in total. The number of hydrogen-bond acceptors (Lipinski definition) is 6. The molecule has 3 N–H and O–H groups in total. The molecule has 0 radical (unpaired) electrons. The van der Waals surface area contributed by atoms with E-state index in [9.17, 15) is 19.2 Å². The summed E-state index contributed by atoms with van der Waals surface area (Å²) in [6.45, 7) is -0.411. The first-order valence-corrected chi connectivity index (χ1v) is 7.74. The Kier molecular flexibility index (Phi) is 4.30. The van der Waals surface area contributed by atoms with Crippen molar-refractivity contribution in [3.05, 3.63) is 23.3 Å². The molecule has 3 amide bonds. The van der Waals surface area contributed by atoms with E-state index in [1.165, 1.54) is 4.90 Å². The predicted molar refractivity (Wildman–Crippen MR) is 85.2 cm³/mol. The van der Waals surface area contributed by atoms with Crippen LogP contribution in [-0.4, -0.2) is 53.4 Å². The van der Waals surface area contributed by atoms with Crippen LogP contribution in [0.4, 0.5) is 5.69 Å². The lowest BCUT2D eigenvalue weighted by Gasteiger charge is -2.29. The van der Waals surface area contributed by atoms with Gasteiger partial charge in [0.25, 0.3) is 5.91 Å². The number of imide groups is 1. The quantitative estimate of drug-likeness (QED) is 0.638. The molecule has 1 aromatic rings. The molecule has 0 aromatic heterocycles. The molecule has 1 fully saturated rings. The Morgan fingerprint density at radius 2 is 2.16 bits per heavy atom. The zero-order valence-electron chi connectivity index (χ0n) is 13.5. The van der Waals surface area contributed by atoms with Crippen molar-refractivity contribution in [2.75, 3.05) is 19.0 Å². The van der Waals surface area contributed by atoms with Crippen molar-refractivity contribution in [1.29, 1.82) is 0 Å². The van der Waals surface area contributed by atoms with Crippen LogP contribution in [0.2, 0.25) is 0 Å². The van der Waals surface area contributed by atoms with E-state index in [1.807, 2.05) is 0 Å². The number of carboxylic acids is 1. The third kappa shape index (κ3) is 3.12. The standard InChI is InChI=1S/C16H17N3O6/c1-17-8-4-9-10(12(5-8)25-7-14(21)22)6-19(16(9)24)11-2-3-13(20)18-15(11)23/h4-5,11,17H,2-3,6-7H2,1H3,(H,21,22)(H,18,20,23). The summed E-state index contributed by atoms with van der Waals surface area (Å²) in [5.41, 5.74) is 1.49. The molecule has 1 aromatic carbocycles. The van der Waals surface area contributed by atoms with Gasteiger partial charge in [-0.15, -0.1) is 0 Å². The second kappa shape index (κ2) is 6.42. The summed E-state index contributed by atoms with van der Waals surface area (Å²) in [6, 6.07) is 2.52. The van der Waals surface area contributed by atoms with E-state index in [1.54, 1.807) is 19.2 Å². The van der Waals surface area contributed by atoms with Crippen molar-refractivity contribution >= 4 is 29.4 Å². The molecular formula is C16H17N3O6. The maximum atomic E-state index is 12.7. The largest absolute Gasteiger partial charge is 0.481 e. The van der Waals surface area contributed by atoms with Gasteiger partial charge in [0.2, 0.25) is 11.8 Å². The van der Waals surface area contributed by atoms with Gasteiger partial charge in [0.1, 0.15) is 11.8 Å². The minimum atomic E-state index is -1.13. The molecule has 3 rings (SSSR count). The fraction of sp³-hybridized carbons (Fsp3) is 0.375. The fourth-order valence-corrected chi connectivity index (χ4v) is 3.04. The lowest BCUT2D eigenvalue weighted by Crippen LogP contribution is -2.52. The highest BCUT2D eigenvalue weighted by atomic mass is 16.5. The number of anilines is 1. The monoisotopic (exact) mass is 347 g/mol.